The minimum atomic E-state index is -0.00739. The van der Waals surface area contributed by atoms with E-state index >= 15 is 0 Å². The highest BCUT2D eigenvalue weighted by Gasteiger charge is 2.05. The van der Waals surface area contributed by atoms with E-state index in [-0.39, 0.29) is 5.91 Å². The highest BCUT2D eigenvalue weighted by Crippen LogP contribution is 2.18. The van der Waals surface area contributed by atoms with Gasteiger partial charge in [0.25, 0.3) is 0 Å². The lowest BCUT2D eigenvalue weighted by molar-refractivity contribution is -0.121. The molecule has 0 unspecified atom stereocenters. The Hall–Kier alpha value is -3.02. The lowest BCUT2D eigenvalue weighted by Gasteiger charge is -2.09. The topological polar surface area (TPSA) is 65.4 Å². The number of aromatic nitrogens is 2. The maximum Gasteiger partial charge on any atom is 0.221 e. The normalized spacial score (nSPS) is 10.6. The standard InChI is InChI=1S/C19H21N3O3/c1-24-15-5-4-6-16(13-15)25-12-10-20-19(23)9-11-22-14-21-17-7-2-3-8-18(17)22/h2-8,13-14H,9-12H2,1H3,(H,20,23). The van der Waals surface area contributed by atoms with Gasteiger partial charge < -0.3 is 19.4 Å². The van der Waals surface area contributed by atoms with Crippen molar-refractivity contribution in [2.24, 2.45) is 0 Å². The van der Waals surface area contributed by atoms with Crippen LogP contribution in [0.25, 0.3) is 11.0 Å². The molecule has 0 radical (unpaired) electrons. The van der Waals surface area contributed by atoms with Crippen LogP contribution in [-0.2, 0) is 11.3 Å². The zero-order valence-corrected chi connectivity index (χ0v) is 14.1. The van der Waals surface area contributed by atoms with Crippen molar-refractivity contribution in [3.63, 3.8) is 0 Å². The predicted molar refractivity (Wildman–Crippen MR) is 95.8 cm³/mol. The molecule has 3 rings (SSSR count). The molecule has 0 spiro atoms. The fourth-order valence-electron chi connectivity index (χ4n) is 2.55. The molecular weight excluding hydrogens is 318 g/mol. The zero-order valence-electron chi connectivity index (χ0n) is 14.1. The first-order valence-corrected chi connectivity index (χ1v) is 8.19. The second kappa shape index (κ2) is 8.19. The predicted octanol–water partition coefficient (Wildman–Crippen LogP) is 2.63. The average Bonchev–Trinajstić information content (AvgIpc) is 3.07. The van der Waals surface area contributed by atoms with E-state index in [1.54, 1.807) is 13.4 Å². The van der Waals surface area contributed by atoms with Crippen molar-refractivity contribution >= 4 is 16.9 Å². The van der Waals surface area contributed by atoms with Gasteiger partial charge in [0.05, 0.1) is 31.0 Å². The number of hydrogen-bond acceptors (Lipinski definition) is 4. The molecule has 0 saturated heterocycles. The van der Waals surface area contributed by atoms with Crippen LogP contribution in [0, 0.1) is 0 Å². The van der Waals surface area contributed by atoms with E-state index < -0.39 is 0 Å². The molecule has 2 aromatic carbocycles. The number of nitrogens with zero attached hydrogens (tertiary/aromatic N) is 2. The Morgan fingerprint density at radius 2 is 2.00 bits per heavy atom. The van der Waals surface area contributed by atoms with Crippen molar-refractivity contribution < 1.29 is 14.3 Å². The van der Waals surface area contributed by atoms with Crippen LogP contribution in [0.15, 0.2) is 54.9 Å². The van der Waals surface area contributed by atoms with Gasteiger partial charge in [0.1, 0.15) is 18.1 Å². The Morgan fingerprint density at radius 3 is 2.88 bits per heavy atom. The molecule has 1 amide bonds. The summed E-state index contributed by atoms with van der Waals surface area (Å²) < 4.78 is 12.7. The summed E-state index contributed by atoms with van der Waals surface area (Å²) in [5.41, 5.74) is 1.98. The van der Waals surface area contributed by atoms with Crippen LogP contribution in [0.5, 0.6) is 11.5 Å². The molecule has 1 aromatic heterocycles. The Labute approximate surface area is 146 Å². The summed E-state index contributed by atoms with van der Waals surface area (Å²) >= 11 is 0. The number of ether oxygens (including phenoxy) is 2. The fourth-order valence-corrected chi connectivity index (χ4v) is 2.55. The smallest absolute Gasteiger partial charge is 0.221 e. The highest BCUT2D eigenvalue weighted by atomic mass is 16.5. The lowest BCUT2D eigenvalue weighted by atomic mass is 10.3. The zero-order chi connectivity index (χ0) is 17.5. The number of carbonyl (C=O) groups is 1. The summed E-state index contributed by atoms with van der Waals surface area (Å²) in [6.45, 7) is 1.47. The number of carbonyl (C=O) groups excluding carboxylic acids is 1. The minimum absolute atomic E-state index is 0.00739. The van der Waals surface area contributed by atoms with E-state index in [1.165, 1.54) is 0 Å². The number of imidazole rings is 1. The van der Waals surface area contributed by atoms with Gasteiger partial charge in [-0.25, -0.2) is 4.98 Å². The largest absolute Gasteiger partial charge is 0.497 e. The molecule has 0 saturated carbocycles. The van der Waals surface area contributed by atoms with Crippen LogP contribution in [0.2, 0.25) is 0 Å². The van der Waals surface area contributed by atoms with Gasteiger partial charge in [-0.05, 0) is 24.3 Å². The van der Waals surface area contributed by atoms with E-state index in [0.29, 0.717) is 26.1 Å². The lowest BCUT2D eigenvalue weighted by Crippen LogP contribution is -2.28. The molecule has 0 aliphatic rings. The van der Waals surface area contributed by atoms with Crippen molar-refractivity contribution in [3.05, 3.63) is 54.9 Å². The third-order valence-electron chi connectivity index (χ3n) is 3.84. The number of para-hydroxylation sites is 2. The van der Waals surface area contributed by atoms with Crippen LogP contribution in [-0.4, -0.2) is 35.7 Å². The van der Waals surface area contributed by atoms with Gasteiger partial charge in [-0.15, -0.1) is 0 Å². The third kappa shape index (κ3) is 4.50. The van der Waals surface area contributed by atoms with Gasteiger partial charge in [-0.1, -0.05) is 18.2 Å². The van der Waals surface area contributed by atoms with E-state index in [0.717, 1.165) is 22.5 Å². The molecule has 1 N–H and O–H groups in total. The third-order valence-corrected chi connectivity index (χ3v) is 3.84. The molecule has 0 aliphatic carbocycles. The van der Waals surface area contributed by atoms with Crippen LogP contribution in [0.3, 0.4) is 0 Å². The Morgan fingerprint density at radius 1 is 1.16 bits per heavy atom. The van der Waals surface area contributed by atoms with Gasteiger partial charge >= 0.3 is 0 Å². The first-order chi connectivity index (χ1) is 12.3. The molecule has 0 bridgehead atoms. The molecule has 130 valence electrons. The molecule has 6 nitrogen and oxygen atoms in total. The van der Waals surface area contributed by atoms with E-state index in [2.05, 4.69) is 10.3 Å². The van der Waals surface area contributed by atoms with Crippen LogP contribution in [0.1, 0.15) is 6.42 Å². The Bertz CT molecular complexity index is 845. The molecule has 0 aliphatic heterocycles. The fraction of sp³-hybridized carbons (Fsp3) is 0.263. The Balaban J connectivity index is 1.39. The van der Waals surface area contributed by atoms with E-state index in [9.17, 15) is 4.79 Å². The first kappa shape index (κ1) is 16.8. The van der Waals surface area contributed by atoms with Crippen molar-refractivity contribution in [3.8, 4) is 11.5 Å². The number of hydrogen-bond donors (Lipinski definition) is 1. The molecule has 0 fully saturated rings. The average molecular weight is 339 g/mol. The summed E-state index contributed by atoms with van der Waals surface area (Å²) in [5.74, 6) is 1.46. The summed E-state index contributed by atoms with van der Waals surface area (Å²) in [4.78, 5) is 16.3. The molecule has 6 heteroatoms. The molecule has 1 heterocycles. The first-order valence-electron chi connectivity index (χ1n) is 8.19. The maximum atomic E-state index is 12.0. The summed E-state index contributed by atoms with van der Waals surface area (Å²) in [6, 6.07) is 15.3. The SMILES string of the molecule is COc1cccc(OCCNC(=O)CCn2cnc3ccccc32)c1. The summed E-state index contributed by atoms with van der Waals surface area (Å²) in [5, 5.41) is 2.86. The number of methoxy groups -OCH3 is 1. The van der Waals surface area contributed by atoms with Crippen molar-refractivity contribution in [1.29, 1.82) is 0 Å². The molecule has 0 atom stereocenters. The van der Waals surface area contributed by atoms with Gasteiger partial charge in [0.15, 0.2) is 0 Å². The van der Waals surface area contributed by atoms with Crippen LogP contribution >= 0.6 is 0 Å². The quantitative estimate of drug-likeness (QED) is 0.641. The molecular formula is C19H21N3O3. The monoisotopic (exact) mass is 339 g/mol. The minimum Gasteiger partial charge on any atom is -0.497 e. The molecule has 3 aromatic rings. The van der Waals surface area contributed by atoms with E-state index in [4.69, 9.17) is 9.47 Å². The van der Waals surface area contributed by atoms with Gasteiger partial charge in [0, 0.05) is 19.0 Å². The van der Waals surface area contributed by atoms with Crippen LogP contribution in [0.4, 0.5) is 0 Å². The summed E-state index contributed by atoms with van der Waals surface area (Å²) in [7, 11) is 1.61. The number of nitrogens with one attached hydrogen (secondary N) is 1. The highest BCUT2D eigenvalue weighted by molar-refractivity contribution is 5.77. The number of amides is 1. The number of fused-ring (bicyclic) bond motifs is 1. The van der Waals surface area contributed by atoms with Crippen molar-refractivity contribution in [1.82, 2.24) is 14.9 Å². The maximum absolute atomic E-state index is 12.0. The van der Waals surface area contributed by atoms with E-state index in [1.807, 2.05) is 53.1 Å². The second-order valence-corrected chi connectivity index (χ2v) is 5.55. The number of aryl methyl sites for hydroxylation is 1. The van der Waals surface area contributed by atoms with Gasteiger partial charge in [-0.2, -0.15) is 0 Å². The van der Waals surface area contributed by atoms with Crippen LogP contribution < -0.4 is 14.8 Å². The molecule has 25 heavy (non-hydrogen) atoms. The summed E-state index contributed by atoms with van der Waals surface area (Å²) in [6.07, 6.45) is 2.17. The second-order valence-electron chi connectivity index (χ2n) is 5.55. The van der Waals surface area contributed by atoms with Crippen molar-refractivity contribution in [2.45, 2.75) is 13.0 Å². The van der Waals surface area contributed by atoms with Gasteiger partial charge in [0.2, 0.25) is 5.91 Å². The van der Waals surface area contributed by atoms with Crippen molar-refractivity contribution in [2.75, 3.05) is 20.3 Å². The van der Waals surface area contributed by atoms with Gasteiger partial charge in [-0.3, -0.25) is 4.79 Å². The number of rotatable bonds is 8. The number of benzene rings is 2. The Kier molecular flexibility index (Phi) is 5.51.